The van der Waals surface area contributed by atoms with Crippen molar-refractivity contribution in [2.45, 2.75) is 65.0 Å². The van der Waals surface area contributed by atoms with Crippen molar-refractivity contribution in [2.24, 2.45) is 11.8 Å². The minimum Gasteiger partial charge on any atom is -0.480 e. The second-order valence-electron chi connectivity index (χ2n) is 7.74. The number of piperidine rings is 1. The molecule has 1 saturated carbocycles. The summed E-state index contributed by atoms with van der Waals surface area (Å²) in [6.07, 6.45) is 5.12. The molecule has 0 bridgehead atoms. The van der Waals surface area contributed by atoms with Crippen LogP contribution in [0.1, 0.15) is 52.9 Å². The number of carboxylic acids is 1. The van der Waals surface area contributed by atoms with Crippen molar-refractivity contribution in [1.82, 2.24) is 15.1 Å². The van der Waals surface area contributed by atoms with Crippen LogP contribution in [0.3, 0.4) is 0 Å². The summed E-state index contributed by atoms with van der Waals surface area (Å²) >= 11 is 0. The van der Waals surface area contributed by atoms with Crippen LogP contribution in [0.4, 0.5) is 4.79 Å². The summed E-state index contributed by atoms with van der Waals surface area (Å²) in [5.41, 5.74) is 0. The van der Waals surface area contributed by atoms with Crippen molar-refractivity contribution in [3.63, 3.8) is 0 Å². The van der Waals surface area contributed by atoms with E-state index in [1.54, 1.807) is 0 Å². The van der Waals surface area contributed by atoms with Gasteiger partial charge in [0.1, 0.15) is 0 Å². The largest absolute Gasteiger partial charge is 0.480 e. The summed E-state index contributed by atoms with van der Waals surface area (Å²) in [4.78, 5) is 27.4. The number of urea groups is 1. The van der Waals surface area contributed by atoms with Crippen molar-refractivity contribution >= 4 is 12.0 Å². The number of nitrogens with one attached hydrogen (secondary N) is 1. The monoisotopic (exact) mass is 339 g/mol. The average Bonchev–Trinajstić information content (AvgIpc) is 2.51. The zero-order chi connectivity index (χ0) is 17.7. The molecule has 0 radical (unpaired) electrons. The Morgan fingerprint density at radius 1 is 1.12 bits per heavy atom. The third-order valence-corrected chi connectivity index (χ3v) is 5.52. The van der Waals surface area contributed by atoms with E-state index in [1.165, 1.54) is 6.42 Å². The van der Waals surface area contributed by atoms with E-state index in [0.717, 1.165) is 32.2 Å². The highest BCUT2D eigenvalue weighted by Gasteiger charge is 2.30. The first-order chi connectivity index (χ1) is 11.4. The SMILES string of the molecule is CCN(CC(=O)O)C1CCN(C(=O)NC2CC(C)CC(C)C2)CC1. The van der Waals surface area contributed by atoms with Crippen LogP contribution in [0.5, 0.6) is 0 Å². The van der Waals surface area contributed by atoms with Gasteiger partial charge < -0.3 is 15.3 Å². The lowest BCUT2D eigenvalue weighted by molar-refractivity contribution is -0.139. The molecule has 2 atom stereocenters. The van der Waals surface area contributed by atoms with Crippen LogP contribution in [0, 0.1) is 11.8 Å². The molecule has 0 aromatic rings. The Balaban J connectivity index is 1.79. The molecule has 1 aliphatic heterocycles. The zero-order valence-corrected chi connectivity index (χ0v) is 15.3. The zero-order valence-electron chi connectivity index (χ0n) is 15.3. The van der Waals surface area contributed by atoms with Crippen molar-refractivity contribution in [2.75, 3.05) is 26.2 Å². The van der Waals surface area contributed by atoms with Gasteiger partial charge in [0.05, 0.1) is 6.54 Å². The number of hydrogen-bond acceptors (Lipinski definition) is 3. The summed E-state index contributed by atoms with van der Waals surface area (Å²) in [7, 11) is 0. The van der Waals surface area contributed by atoms with Gasteiger partial charge in [-0.15, -0.1) is 0 Å². The first-order valence-corrected chi connectivity index (χ1v) is 9.40. The Kier molecular flexibility index (Phi) is 6.90. The van der Waals surface area contributed by atoms with Crippen LogP contribution in [0.2, 0.25) is 0 Å². The normalized spacial score (nSPS) is 28.8. The molecule has 1 saturated heterocycles. The maximum Gasteiger partial charge on any atom is 0.317 e. The molecule has 0 aromatic carbocycles. The molecule has 6 heteroatoms. The van der Waals surface area contributed by atoms with E-state index in [2.05, 4.69) is 19.2 Å². The predicted molar refractivity (Wildman–Crippen MR) is 94.0 cm³/mol. The lowest BCUT2D eigenvalue weighted by Crippen LogP contribution is -2.52. The number of amides is 2. The number of likely N-dealkylation sites (N-methyl/N-ethyl adjacent to an activating group) is 1. The third kappa shape index (κ3) is 5.36. The highest BCUT2D eigenvalue weighted by molar-refractivity contribution is 5.74. The summed E-state index contributed by atoms with van der Waals surface area (Å²) in [6, 6.07) is 0.624. The fourth-order valence-electron chi connectivity index (χ4n) is 4.44. The van der Waals surface area contributed by atoms with Gasteiger partial charge in [0, 0.05) is 25.2 Å². The molecule has 2 N–H and O–H groups in total. The van der Waals surface area contributed by atoms with Crippen molar-refractivity contribution < 1.29 is 14.7 Å². The maximum atomic E-state index is 12.5. The first kappa shape index (κ1) is 19.0. The van der Waals surface area contributed by atoms with Crippen molar-refractivity contribution in [3.8, 4) is 0 Å². The molecule has 2 aliphatic rings. The average molecular weight is 339 g/mol. The number of carbonyl (C=O) groups is 2. The standard InChI is InChI=1S/C18H33N3O3/c1-4-20(12-17(22)23)16-5-7-21(8-6-16)18(24)19-15-10-13(2)9-14(3)11-15/h13-16H,4-12H2,1-3H3,(H,19,24)(H,22,23). The van der Waals surface area contributed by atoms with E-state index in [9.17, 15) is 9.59 Å². The van der Waals surface area contributed by atoms with Gasteiger partial charge >= 0.3 is 12.0 Å². The van der Waals surface area contributed by atoms with Crippen LogP contribution < -0.4 is 5.32 Å². The Labute approximate surface area is 145 Å². The van der Waals surface area contributed by atoms with E-state index >= 15 is 0 Å². The summed E-state index contributed by atoms with van der Waals surface area (Å²) < 4.78 is 0. The summed E-state index contributed by atoms with van der Waals surface area (Å²) in [5, 5.41) is 12.2. The van der Waals surface area contributed by atoms with E-state index in [4.69, 9.17) is 5.11 Å². The van der Waals surface area contributed by atoms with Gasteiger partial charge in [0.15, 0.2) is 0 Å². The molecule has 2 rings (SSSR count). The van der Waals surface area contributed by atoms with Crippen molar-refractivity contribution in [1.29, 1.82) is 0 Å². The molecule has 0 aromatic heterocycles. The third-order valence-electron chi connectivity index (χ3n) is 5.52. The van der Waals surface area contributed by atoms with Gasteiger partial charge in [0.2, 0.25) is 0 Å². The number of rotatable bonds is 5. The van der Waals surface area contributed by atoms with Crippen molar-refractivity contribution in [3.05, 3.63) is 0 Å². The molecule has 138 valence electrons. The van der Waals surface area contributed by atoms with Gasteiger partial charge in [0.25, 0.3) is 0 Å². The number of nitrogens with zero attached hydrogens (tertiary/aromatic N) is 2. The lowest BCUT2D eigenvalue weighted by atomic mass is 9.80. The maximum absolute atomic E-state index is 12.5. The van der Waals surface area contributed by atoms with Gasteiger partial charge in [-0.2, -0.15) is 0 Å². The Morgan fingerprint density at radius 2 is 1.71 bits per heavy atom. The molecule has 1 heterocycles. The van der Waals surface area contributed by atoms with Gasteiger partial charge in [-0.3, -0.25) is 9.69 Å². The van der Waals surface area contributed by atoms with E-state index in [0.29, 0.717) is 31.0 Å². The molecular weight excluding hydrogens is 306 g/mol. The van der Waals surface area contributed by atoms with E-state index < -0.39 is 5.97 Å². The number of aliphatic carboxylic acids is 1. The molecular formula is C18H33N3O3. The van der Waals surface area contributed by atoms with Gasteiger partial charge in [-0.05, 0) is 50.5 Å². The minimum atomic E-state index is -0.780. The van der Waals surface area contributed by atoms with Crippen LogP contribution in [-0.2, 0) is 4.79 Å². The molecule has 24 heavy (non-hydrogen) atoms. The Hall–Kier alpha value is -1.30. The quantitative estimate of drug-likeness (QED) is 0.807. The first-order valence-electron chi connectivity index (χ1n) is 9.40. The minimum absolute atomic E-state index is 0.0565. The molecule has 2 unspecified atom stereocenters. The van der Waals surface area contributed by atoms with Gasteiger partial charge in [-0.1, -0.05) is 20.8 Å². The topological polar surface area (TPSA) is 72.9 Å². The molecule has 0 spiro atoms. The van der Waals surface area contributed by atoms with Crippen LogP contribution in [-0.4, -0.2) is 65.2 Å². The lowest BCUT2D eigenvalue weighted by Gasteiger charge is -2.39. The fourth-order valence-corrected chi connectivity index (χ4v) is 4.44. The smallest absolute Gasteiger partial charge is 0.317 e. The fraction of sp³-hybridized carbons (Fsp3) is 0.889. The van der Waals surface area contributed by atoms with Crippen LogP contribution in [0.15, 0.2) is 0 Å². The summed E-state index contributed by atoms with van der Waals surface area (Å²) in [5.74, 6) is 0.579. The van der Waals surface area contributed by atoms with Crippen LogP contribution >= 0.6 is 0 Å². The number of likely N-dealkylation sites (tertiary alicyclic amines) is 1. The van der Waals surface area contributed by atoms with E-state index in [1.807, 2.05) is 16.7 Å². The molecule has 1 aliphatic carbocycles. The Bertz CT molecular complexity index is 425. The second-order valence-corrected chi connectivity index (χ2v) is 7.74. The second kappa shape index (κ2) is 8.70. The molecule has 2 amide bonds. The summed E-state index contributed by atoms with van der Waals surface area (Å²) in [6.45, 7) is 8.78. The highest BCUT2D eigenvalue weighted by Crippen LogP contribution is 2.28. The number of hydrogen-bond donors (Lipinski definition) is 2. The predicted octanol–water partition coefficient (Wildman–Crippen LogP) is 2.39. The number of carboxylic acid groups (broad SMARTS) is 1. The Morgan fingerprint density at radius 3 is 2.21 bits per heavy atom. The van der Waals surface area contributed by atoms with Crippen LogP contribution in [0.25, 0.3) is 0 Å². The highest BCUT2D eigenvalue weighted by atomic mass is 16.4. The number of carbonyl (C=O) groups excluding carboxylic acids is 1. The molecule has 2 fully saturated rings. The van der Waals surface area contributed by atoms with Gasteiger partial charge in [-0.25, -0.2) is 4.79 Å². The van der Waals surface area contributed by atoms with E-state index in [-0.39, 0.29) is 18.6 Å². The molecule has 6 nitrogen and oxygen atoms in total.